The number of thiophene rings is 1. The number of carbonyl (C=O) groups is 1. The number of hydrogen-bond acceptors (Lipinski definition) is 3. The first-order valence-corrected chi connectivity index (χ1v) is 10.5. The van der Waals surface area contributed by atoms with Crippen molar-refractivity contribution >= 4 is 17.2 Å². The van der Waals surface area contributed by atoms with Gasteiger partial charge >= 0.3 is 0 Å². The van der Waals surface area contributed by atoms with E-state index in [1.54, 1.807) is 11.3 Å². The smallest absolute Gasteiger partial charge is 0.269 e. The van der Waals surface area contributed by atoms with Gasteiger partial charge < -0.3 is 5.32 Å². The van der Waals surface area contributed by atoms with E-state index in [9.17, 15) is 4.79 Å². The summed E-state index contributed by atoms with van der Waals surface area (Å²) in [6.45, 7) is 13.9. The van der Waals surface area contributed by atoms with Gasteiger partial charge in [0.2, 0.25) is 0 Å². The van der Waals surface area contributed by atoms with Crippen molar-refractivity contribution in [2.45, 2.75) is 60.0 Å². The van der Waals surface area contributed by atoms with Crippen LogP contribution in [0.4, 0.5) is 0 Å². The largest absolute Gasteiger partial charge is 0.346 e. The predicted molar refractivity (Wildman–Crippen MR) is 116 cm³/mol. The minimum Gasteiger partial charge on any atom is -0.346 e. The summed E-state index contributed by atoms with van der Waals surface area (Å²) in [5.41, 5.74) is 6.36. The number of benzene rings is 1. The summed E-state index contributed by atoms with van der Waals surface area (Å²) in [7, 11) is 0. The molecule has 0 bridgehead atoms. The average molecular weight is 396 g/mol. The molecule has 2 aromatic heterocycles. The van der Waals surface area contributed by atoms with E-state index in [0.717, 1.165) is 10.6 Å². The van der Waals surface area contributed by atoms with Crippen LogP contribution in [0.5, 0.6) is 0 Å². The number of nitrogens with one attached hydrogen (secondary N) is 1. The van der Waals surface area contributed by atoms with Gasteiger partial charge in [-0.15, -0.1) is 11.3 Å². The normalized spacial score (nSPS) is 11.6. The molecule has 3 rings (SSSR count). The molecule has 0 saturated carbocycles. The Hall–Kier alpha value is -2.40. The molecule has 0 spiro atoms. The predicted octanol–water partition coefficient (Wildman–Crippen LogP) is 5.15. The van der Waals surface area contributed by atoms with Crippen LogP contribution in [0, 0.1) is 20.8 Å². The molecular formula is C23H29N3OS. The molecule has 1 N–H and O–H groups in total. The monoisotopic (exact) mass is 395 g/mol. The molecule has 148 valence electrons. The van der Waals surface area contributed by atoms with Crippen LogP contribution < -0.4 is 5.32 Å². The zero-order valence-corrected chi connectivity index (χ0v) is 18.4. The van der Waals surface area contributed by atoms with E-state index in [1.807, 2.05) is 28.3 Å². The lowest BCUT2D eigenvalue weighted by atomic mass is 9.92. The summed E-state index contributed by atoms with van der Waals surface area (Å²) >= 11 is 1.64. The van der Waals surface area contributed by atoms with Crippen LogP contribution in [0.3, 0.4) is 0 Å². The molecule has 2 heterocycles. The number of nitrogens with zero attached hydrogens (tertiary/aromatic N) is 2. The van der Waals surface area contributed by atoms with E-state index < -0.39 is 0 Å². The maximum absolute atomic E-state index is 12.9. The zero-order chi connectivity index (χ0) is 20.5. The Kier molecular flexibility index (Phi) is 5.75. The SMILES string of the molecule is Cc1cc(C)c(Cn2nc(C(C)(C)C)cc2C(=O)NCc2cccs2)c(C)c1. The van der Waals surface area contributed by atoms with Gasteiger partial charge in [-0.05, 0) is 55.0 Å². The van der Waals surface area contributed by atoms with E-state index >= 15 is 0 Å². The molecule has 28 heavy (non-hydrogen) atoms. The van der Waals surface area contributed by atoms with Crippen LogP contribution in [-0.2, 0) is 18.5 Å². The van der Waals surface area contributed by atoms with Gasteiger partial charge in [-0.2, -0.15) is 5.10 Å². The Morgan fingerprint density at radius 3 is 2.39 bits per heavy atom. The van der Waals surface area contributed by atoms with Gasteiger partial charge in [0.1, 0.15) is 5.69 Å². The van der Waals surface area contributed by atoms with Gasteiger partial charge in [0.25, 0.3) is 5.91 Å². The average Bonchev–Trinajstić information content (AvgIpc) is 3.25. The Morgan fingerprint density at radius 2 is 1.82 bits per heavy atom. The molecule has 0 atom stereocenters. The first kappa shape index (κ1) is 20.3. The van der Waals surface area contributed by atoms with E-state index in [-0.39, 0.29) is 11.3 Å². The molecule has 0 saturated heterocycles. The van der Waals surface area contributed by atoms with Crippen molar-refractivity contribution in [2.24, 2.45) is 0 Å². The van der Waals surface area contributed by atoms with Crippen LogP contribution in [0.2, 0.25) is 0 Å². The maximum Gasteiger partial charge on any atom is 0.269 e. The first-order chi connectivity index (χ1) is 13.1. The second-order valence-corrected chi connectivity index (χ2v) is 9.49. The molecule has 0 aliphatic carbocycles. The van der Waals surface area contributed by atoms with Crippen molar-refractivity contribution in [2.75, 3.05) is 0 Å². The second-order valence-electron chi connectivity index (χ2n) is 8.46. The third-order valence-corrected chi connectivity index (χ3v) is 5.81. The molecule has 3 aromatic rings. The van der Waals surface area contributed by atoms with E-state index in [0.29, 0.717) is 18.8 Å². The summed E-state index contributed by atoms with van der Waals surface area (Å²) < 4.78 is 1.86. The minimum atomic E-state index is -0.120. The van der Waals surface area contributed by atoms with Gasteiger partial charge in [-0.3, -0.25) is 9.48 Å². The Morgan fingerprint density at radius 1 is 1.14 bits per heavy atom. The molecule has 0 unspecified atom stereocenters. The number of hydrogen-bond donors (Lipinski definition) is 1. The summed E-state index contributed by atoms with van der Waals surface area (Å²) in [4.78, 5) is 14.1. The Bertz CT molecular complexity index is 955. The number of carbonyl (C=O) groups excluding carboxylic acids is 1. The lowest BCUT2D eigenvalue weighted by molar-refractivity contribution is 0.0941. The molecule has 0 aliphatic heterocycles. The van der Waals surface area contributed by atoms with Crippen LogP contribution in [-0.4, -0.2) is 15.7 Å². The molecule has 1 amide bonds. The number of aromatic nitrogens is 2. The lowest BCUT2D eigenvalue weighted by Gasteiger charge is -2.15. The van der Waals surface area contributed by atoms with E-state index in [4.69, 9.17) is 5.10 Å². The number of rotatable bonds is 5. The van der Waals surface area contributed by atoms with Crippen molar-refractivity contribution in [3.8, 4) is 0 Å². The lowest BCUT2D eigenvalue weighted by Crippen LogP contribution is -2.26. The van der Waals surface area contributed by atoms with Gasteiger partial charge in [-0.25, -0.2) is 0 Å². The quantitative estimate of drug-likeness (QED) is 0.650. The fourth-order valence-electron chi connectivity index (χ4n) is 3.37. The molecule has 5 heteroatoms. The van der Waals surface area contributed by atoms with Gasteiger partial charge in [-0.1, -0.05) is 44.5 Å². The van der Waals surface area contributed by atoms with E-state index in [1.165, 1.54) is 22.3 Å². The number of aryl methyl sites for hydroxylation is 3. The Labute approximate surface area is 171 Å². The maximum atomic E-state index is 12.9. The van der Waals surface area contributed by atoms with Crippen LogP contribution >= 0.6 is 11.3 Å². The summed E-state index contributed by atoms with van der Waals surface area (Å²) in [5.74, 6) is -0.0844. The Balaban J connectivity index is 1.93. The standard InChI is InChI=1S/C23H29N3OS/c1-15-10-16(2)19(17(3)11-15)14-26-20(12-21(25-26)23(4,5)6)22(27)24-13-18-8-7-9-28-18/h7-12H,13-14H2,1-6H3,(H,24,27). The third-order valence-electron chi connectivity index (χ3n) is 4.93. The second kappa shape index (κ2) is 7.92. The molecule has 1 aromatic carbocycles. The fourth-order valence-corrected chi connectivity index (χ4v) is 4.01. The van der Waals surface area contributed by atoms with Crippen molar-refractivity contribution in [1.82, 2.24) is 15.1 Å². The van der Waals surface area contributed by atoms with Crippen molar-refractivity contribution < 1.29 is 4.79 Å². The molecular weight excluding hydrogens is 366 g/mol. The zero-order valence-electron chi connectivity index (χ0n) is 17.6. The molecule has 4 nitrogen and oxygen atoms in total. The molecule has 0 radical (unpaired) electrons. The third kappa shape index (κ3) is 4.53. The highest BCUT2D eigenvalue weighted by Crippen LogP contribution is 2.24. The van der Waals surface area contributed by atoms with Crippen molar-refractivity contribution in [3.05, 3.63) is 74.2 Å². The first-order valence-electron chi connectivity index (χ1n) is 9.61. The summed E-state index contributed by atoms with van der Waals surface area (Å²) in [6, 6.07) is 10.3. The number of amides is 1. The van der Waals surface area contributed by atoms with Crippen molar-refractivity contribution in [3.63, 3.8) is 0 Å². The van der Waals surface area contributed by atoms with E-state index in [2.05, 4.69) is 59.0 Å². The van der Waals surface area contributed by atoms with Crippen LogP contribution in [0.1, 0.15) is 64.1 Å². The van der Waals surface area contributed by atoms with Crippen LogP contribution in [0.25, 0.3) is 0 Å². The highest BCUT2D eigenvalue weighted by Gasteiger charge is 2.23. The fraction of sp³-hybridized carbons (Fsp3) is 0.391. The van der Waals surface area contributed by atoms with Gasteiger partial charge in [0, 0.05) is 10.3 Å². The minimum absolute atomic E-state index is 0.0844. The highest BCUT2D eigenvalue weighted by atomic mass is 32.1. The molecule has 0 fully saturated rings. The molecule has 0 aliphatic rings. The van der Waals surface area contributed by atoms with Gasteiger partial charge in [0.05, 0.1) is 18.8 Å². The topological polar surface area (TPSA) is 46.9 Å². The highest BCUT2D eigenvalue weighted by molar-refractivity contribution is 7.09. The van der Waals surface area contributed by atoms with Crippen molar-refractivity contribution in [1.29, 1.82) is 0 Å². The summed E-state index contributed by atoms with van der Waals surface area (Å²) in [5, 5.41) is 9.87. The van der Waals surface area contributed by atoms with Gasteiger partial charge in [0.15, 0.2) is 0 Å². The van der Waals surface area contributed by atoms with Crippen LogP contribution in [0.15, 0.2) is 35.7 Å². The summed E-state index contributed by atoms with van der Waals surface area (Å²) in [6.07, 6.45) is 0.